The van der Waals surface area contributed by atoms with Gasteiger partial charge >= 0.3 is 0 Å². The molecule has 3 rings (SSSR count). The fraction of sp³-hybridized carbons (Fsp3) is 0.136. The third kappa shape index (κ3) is 5.53. The number of ether oxygens (including phenoxy) is 1. The predicted molar refractivity (Wildman–Crippen MR) is 123 cm³/mol. The van der Waals surface area contributed by atoms with E-state index in [0.717, 1.165) is 41.5 Å². The van der Waals surface area contributed by atoms with Crippen LogP contribution < -0.4 is 4.74 Å². The van der Waals surface area contributed by atoms with Crippen LogP contribution in [-0.2, 0) is 6.61 Å². The van der Waals surface area contributed by atoms with Gasteiger partial charge in [0, 0.05) is 20.7 Å². The minimum atomic E-state index is 0.484. The number of rotatable bonds is 5. The van der Waals surface area contributed by atoms with Crippen molar-refractivity contribution in [2.24, 2.45) is 4.99 Å². The predicted octanol–water partition coefficient (Wildman–Crippen LogP) is 7.92. The first-order valence-corrected chi connectivity index (χ1v) is 10.8. The molecular weight excluding hydrogens is 534 g/mol. The van der Waals surface area contributed by atoms with Crippen molar-refractivity contribution in [3.8, 4) is 5.75 Å². The molecule has 0 saturated heterocycles. The van der Waals surface area contributed by atoms with Gasteiger partial charge in [-0.25, -0.2) is 0 Å². The summed E-state index contributed by atoms with van der Waals surface area (Å²) in [6.07, 6.45) is 1.86. The third-order valence-electron chi connectivity index (χ3n) is 4.04. The lowest BCUT2D eigenvalue weighted by Crippen LogP contribution is -1.99. The molecule has 0 saturated carbocycles. The zero-order valence-corrected chi connectivity index (χ0v) is 19.7. The van der Waals surface area contributed by atoms with Crippen LogP contribution in [0.5, 0.6) is 5.75 Å². The summed E-state index contributed by atoms with van der Waals surface area (Å²) in [6, 6.07) is 18.4. The van der Waals surface area contributed by atoms with Crippen LogP contribution in [0.25, 0.3) is 0 Å². The molecule has 0 amide bonds. The quantitative estimate of drug-likeness (QED) is 0.295. The molecule has 0 aromatic heterocycles. The third-order valence-corrected chi connectivity index (χ3v) is 5.62. The van der Waals surface area contributed by atoms with Crippen LogP contribution >= 0.6 is 47.8 Å². The number of hydrogen-bond acceptors (Lipinski definition) is 2. The lowest BCUT2D eigenvalue weighted by atomic mass is 10.1. The van der Waals surface area contributed by atoms with E-state index in [4.69, 9.17) is 9.73 Å². The maximum Gasteiger partial charge on any atom is 0.142 e. The van der Waals surface area contributed by atoms with Crippen molar-refractivity contribution in [3.63, 3.8) is 0 Å². The number of aryl methyl sites for hydroxylation is 2. The average molecular weight is 552 g/mol. The first kappa shape index (κ1) is 20.3. The highest BCUT2D eigenvalue weighted by Crippen LogP contribution is 2.33. The topological polar surface area (TPSA) is 21.6 Å². The Labute approximate surface area is 185 Å². The Morgan fingerprint density at radius 2 is 1.63 bits per heavy atom. The van der Waals surface area contributed by atoms with E-state index in [0.29, 0.717) is 6.61 Å². The Bertz CT molecular complexity index is 982. The van der Waals surface area contributed by atoms with E-state index in [1.807, 2.05) is 42.6 Å². The van der Waals surface area contributed by atoms with Gasteiger partial charge in [-0.3, -0.25) is 4.99 Å². The standard InChI is InChI=1S/C22H18Br3NO/c1-14-3-4-15(2)21(9-14)26-12-17-10-19(24)11-20(25)22(17)27-13-16-5-7-18(23)8-6-16/h3-12H,13H2,1-2H3. The summed E-state index contributed by atoms with van der Waals surface area (Å²) in [7, 11) is 0. The SMILES string of the molecule is Cc1ccc(C)c(N=Cc2cc(Br)cc(Br)c2OCc2ccc(Br)cc2)c1. The molecule has 0 aliphatic heterocycles. The van der Waals surface area contributed by atoms with Crippen LogP contribution in [0.15, 0.2) is 73.0 Å². The van der Waals surface area contributed by atoms with Crippen LogP contribution in [0.2, 0.25) is 0 Å². The van der Waals surface area contributed by atoms with Crippen molar-refractivity contribution in [1.82, 2.24) is 0 Å². The molecule has 27 heavy (non-hydrogen) atoms. The number of hydrogen-bond donors (Lipinski definition) is 0. The zero-order valence-electron chi connectivity index (χ0n) is 15.0. The van der Waals surface area contributed by atoms with E-state index in [1.165, 1.54) is 5.56 Å². The molecule has 0 radical (unpaired) electrons. The second-order valence-electron chi connectivity index (χ2n) is 6.27. The van der Waals surface area contributed by atoms with Gasteiger partial charge < -0.3 is 4.74 Å². The molecule has 3 aromatic carbocycles. The first-order chi connectivity index (χ1) is 12.9. The number of nitrogens with zero attached hydrogens (tertiary/aromatic N) is 1. The van der Waals surface area contributed by atoms with E-state index in [-0.39, 0.29) is 0 Å². The van der Waals surface area contributed by atoms with Gasteiger partial charge in [0.25, 0.3) is 0 Å². The summed E-state index contributed by atoms with van der Waals surface area (Å²) in [6.45, 7) is 4.62. The Balaban J connectivity index is 1.89. The van der Waals surface area contributed by atoms with Gasteiger partial charge in [-0.15, -0.1) is 0 Å². The Morgan fingerprint density at radius 1 is 0.889 bits per heavy atom. The molecule has 3 aromatic rings. The summed E-state index contributed by atoms with van der Waals surface area (Å²) in [5.41, 5.74) is 5.31. The summed E-state index contributed by atoms with van der Waals surface area (Å²) in [4.78, 5) is 4.69. The lowest BCUT2D eigenvalue weighted by molar-refractivity contribution is 0.304. The van der Waals surface area contributed by atoms with Crippen molar-refractivity contribution in [1.29, 1.82) is 0 Å². The summed E-state index contributed by atoms with van der Waals surface area (Å²) in [5.74, 6) is 0.773. The van der Waals surface area contributed by atoms with Gasteiger partial charge in [-0.1, -0.05) is 56.1 Å². The van der Waals surface area contributed by atoms with E-state index in [1.54, 1.807) is 0 Å². The summed E-state index contributed by atoms with van der Waals surface area (Å²) < 4.78 is 9.02. The molecule has 138 valence electrons. The Hall–Kier alpha value is -1.43. The number of aliphatic imine (C=N–C) groups is 1. The first-order valence-electron chi connectivity index (χ1n) is 8.40. The van der Waals surface area contributed by atoms with Crippen molar-refractivity contribution in [2.45, 2.75) is 20.5 Å². The molecular formula is C22H18Br3NO. The molecule has 0 atom stereocenters. The molecule has 0 fully saturated rings. The molecule has 0 heterocycles. The smallest absolute Gasteiger partial charge is 0.142 e. The Morgan fingerprint density at radius 3 is 2.37 bits per heavy atom. The van der Waals surface area contributed by atoms with Crippen LogP contribution in [0.4, 0.5) is 5.69 Å². The maximum atomic E-state index is 6.12. The van der Waals surface area contributed by atoms with Crippen LogP contribution in [-0.4, -0.2) is 6.21 Å². The summed E-state index contributed by atoms with van der Waals surface area (Å²) >= 11 is 10.6. The van der Waals surface area contributed by atoms with E-state index < -0.39 is 0 Å². The molecule has 0 unspecified atom stereocenters. The van der Waals surface area contributed by atoms with Crippen LogP contribution in [0.1, 0.15) is 22.3 Å². The van der Waals surface area contributed by atoms with Gasteiger partial charge in [0.05, 0.1) is 10.2 Å². The molecule has 5 heteroatoms. The highest BCUT2D eigenvalue weighted by Gasteiger charge is 2.10. The average Bonchev–Trinajstić information content (AvgIpc) is 2.63. The van der Waals surface area contributed by atoms with E-state index >= 15 is 0 Å². The van der Waals surface area contributed by atoms with Gasteiger partial charge in [0.1, 0.15) is 12.4 Å². The summed E-state index contributed by atoms with van der Waals surface area (Å²) in [5, 5.41) is 0. The van der Waals surface area contributed by atoms with Crippen molar-refractivity contribution >= 4 is 59.7 Å². The molecule has 0 N–H and O–H groups in total. The van der Waals surface area contributed by atoms with Gasteiger partial charge in [0.2, 0.25) is 0 Å². The largest absolute Gasteiger partial charge is 0.487 e. The second-order valence-corrected chi connectivity index (χ2v) is 8.95. The van der Waals surface area contributed by atoms with E-state index in [9.17, 15) is 0 Å². The normalized spacial score (nSPS) is 11.1. The van der Waals surface area contributed by atoms with Crippen LogP contribution in [0.3, 0.4) is 0 Å². The highest BCUT2D eigenvalue weighted by molar-refractivity contribution is 9.11. The van der Waals surface area contributed by atoms with Gasteiger partial charge in [-0.05, 0) is 76.8 Å². The Kier molecular flexibility index (Phi) is 6.90. The van der Waals surface area contributed by atoms with Crippen LogP contribution in [0, 0.1) is 13.8 Å². The fourth-order valence-electron chi connectivity index (χ4n) is 2.56. The molecule has 2 nitrogen and oxygen atoms in total. The molecule has 0 aliphatic rings. The van der Waals surface area contributed by atoms with E-state index in [2.05, 4.69) is 79.8 Å². The molecule has 0 aliphatic carbocycles. The van der Waals surface area contributed by atoms with Crippen molar-refractivity contribution < 1.29 is 4.74 Å². The second kappa shape index (κ2) is 9.18. The minimum Gasteiger partial charge on any atom is -0.487 e. The van der Waals surface area contributed by atoms with Gasteiger partial charge in [0.15, 0.2) is 0 Å². The molecule has 0 bridgehead atoms. The van der Waals surface area contributed by atoms with Crippen molar-refractivity contribution in [2.75, 3.05) is 0 Å². The monoisotopic (exact) mass is 549 g/mol. The molecule has 0 spiro atoms. The zero-order chi connectivity index (χ0) is 19.4. The van der Waals surface area contributed by atoms with Crippen molar-refractivity contribution in [3.05, 3.63) is 90.3 Å². The minimum absolute atomic E-state index is 0.484. The number of halogens is 3. The highest BCUT2D eigenvalue weighted by atomic mass is 79.9. The maximum absolute atomic E-state index is 6.12. The lowest BCUT2D eigenvalue weighted by Gasteiger charge is -2.12. The van der Waals surface area contributed by atoms with Gasteiger partial charge in [-0.2, -0.15) is 0 Å². The number of benzene rings is 3. The fourth-order valence-corrected chi connectivity index (χ4v) is 4.20.